The highest BCUT2D eigenvalue weighted by atomic mass is 16.6. The third-order valence-electron chi connectivity index (χ3n) is 7.92. The zero-order valence-corrected chi connectivity index (χ0v) is 21.4. The molecule has 1 N–H and O–H groups in total. The first-order valence-electron chi connectivity index (χ1n) is 13.1. The molecular weight excluding hydrogens is 460 g/mol. The number of carbonyl (C=O) groups excluding carboxylic acids is 1. The first kappa shape index (κ1) is 24.6. The van der Waals surface area contributed by atoms with E-state index in [9.17, 15) is 14.7 Å². The minimum atomic E-state index is -0.750. The maximum Gasteiger partial charge on any atom is 0.410 e. The van der Waals surface area contributed by atoms with Gasteiger partial charge in [-0.05, 0) is 82.3 Å². The number of aliphatic carboxylic acids is 1. The van der Waals surface area contributed by atoms with Crippen molar-refractivity contribution in [3.63, 3.8) is 0 Å². The molecule has 3 aliphatic rings. The Hall–Kier alpha value is -3.10. The third kappa shape index (κ3) is 5.34. The molecule has 194 valence electrons. The number of aryl methyl sites for hydroxylation is 2. The second kappa shape index (κ2) is 10.1. The molecule has 1 unspecified atom stereocenters. The highest BCUT2D eigenvalue weighted by molar-refractivity contribution is 5.70. The van der Waals surface area contributed by atoms with E-state index in [1.54, 1.807) is 15.8 Å². The van der Waals surface area contributed by atoms with Gasteiger partial charge in [0.05, 0.1) is 35.3 Å². The molecule has 9 nitrogen and oxygen atoms in total. The van der Waals surface area contributed by atoms with Gasteiger partial charge in [0.1, 0.15) is 12.4 Å². The molecule has 9 heteroatoms. The number of nitrogens with zero attached hydrogens (tertiary/aromatic N) is 4. The zero-order chi connectivity index (χ0) is 25.4. The zero-order valence-electron chi connectivity index (χ0n) is 21.4. The highest BCUT2D eigenvalue weighted by Crippen LogP contribution is 2.47. The molecule has 2 heterocycles. The number of hydrogen-bond acceptors (Lipinski definition) is 6. The van der Waals surface area contributed by atoms with E-state index in [1.807, 2.05) is 33.2 Å². The lowest BCUT2D eigenvalue weighted by Gasteiger charge is -2.28. The molecule has 0 radical (unpaired) electrons. The topological polar surface area (TPSA) is 107 Å². The van der Waals surface area contributed by atoms with Gasteiger partial charge in [-0.3, -0.25) is 9.48 Å². The van der Waals surface area contributed by atoms with Crippen molar-refractivity contribution < 1.29 is 24.2 Å². The predicted molar refractivity (Wildman–Crippen MR) is 132 cm³/mol. The fourth-order valence-corrected chi connectivity index (χ4v) is 5.57. The first-order chi connectivity index (χ1) is 17.3. The van der Waals surface area contributed by atoms with Gasteiger partial charge in [-0.2, -0.15) is 5.10 Å². The maximum absolute atomic E-state index is 12.9. The van der Waals surface area contributed by atoms with Crippen LogP contribution in [-0.4, -0.2) is 56.0 Å². The van der Waals surface area contributed by atoms with Crippen molar-refractivity contribution in [3.05, 3.63) is 29.7 Å². The Kier molecular flexibility index (Phi) is 6.90. The number of rotatable bonds is 9. The number of ether oxygens (including phenoxy) is 2. The molecule has 36 heavy (non-hydrogen) atoms. The van der Waals surface area contributed by atoms with Gasteiger partial charge in [-0.25, -0.2) is 9.78 Å². The molecule has 3 saturated carbocycles. The van der Waals surface area contributed by atoms with Gasteiger partial charge in [0.25, 0.3) is 0 Å². The summed E-state index contributed by atoms with van der Waals surface area (Å²) in [6, 6.07) is 4.06. The summed E-state index contributed by atoms with van der Waals surface area (Å²) in [6.45, 7) is 2.01. The molecular formula is C27H36N4O5. The van der Waals surface area contributed by atoms with Crippen molar-refractivity contribution in [2.75, 3.05) is 7.05 Å². The van der Waals surface area contributed by atoms with E-state index in [4.69, 9.17) is 14.5 Å². The van der Waals surface area contributed by atoms with Gasteiger partial charge in [0, 0.05) is 25.7 Å². The molecule has 2 atom stereocenters. The Labute approximate surface area is 211 Å². The second-order valence-electron chi connectivity index (χ2n) is 10.7. The van der Waals surface area contributed by atoms with Crippen molar-refractivity contribution in [3.8, 4) is 17.0 Å². The molecule has 5 rings (SSSR count). The Bertz CT molecular complexity index is 1110. The summed E-state index contributed by atoms with van der Waals surface area (Å²) in [6.07, 6.45) is 9.08. The van der Waals surface area contributed by atoms with Gasteiger partial charge in [-0.15, -0.1) is 0 Å². The van der Waals surface area contributed by atoms with Crippen LogP contribution in [0.1, 0.15) is 62.8 Å². The standard InChI is InChI=1S/C27H36N4O5/c1-16-24(36-20-6-4-5-19(13-20)26(32)33)12-11-22(29-16)21-14-28-31(3)23(21)15-35-27(34)30(2)25(17-7-8-17)18-9-10-18/h11-12,14,17-20,25H,4-10,13,15H2,1-3H3,(H,32,33)/t19?,20-/m0/s1. The molecule has 0 aromatic carbocycles. The van der Waals surface area contributed by atoms with E-state index in [-0.39, 0.29) is 24.7 Å². The molecule has 3 fully saturated rings. The quantitative estimate of drug-likeness (QED) is 0.542. The lowest BCUT2D eigenvalue weighted by molar-refractivity contribution is -0.143. The lowest BCUT2D eigenvalue weighted by atomic mass is 9.87. The van der Waals surface area contributed by atoms with Crippen molar-refractivity contribution >= 4 is 12.1 Å². The molecule has 0 saturated heterocycles. The monoisotopic (exact) mass is 496 g/mol. The van der Waals surface area contributed by atoms with E-state index in [2.05, 4.69) is 5.10 Å². The van der Waals surface area contributed by atoms with Crippen LogP contribution in [0.2, 0.25) is 0 Å². The van der Waals surface area contributed by atoms with E-state index < -0.39 is 5.97 Å². The van der Waals surface area contributed by atoms with Crippen molar-refractivity contribution in [2.24, 2.45) is 24.8 Å². The summed E-state index contributed by atoms with van der Waals surface area (Å²) in [5.74, 6) is 0.817. The fourth-order valence-electron chi connectivity index (χ4n) is 5.57. The van der Waals surface area contributed by atoms with Gasteiger partial charge in [-0.1, -0.05) is 0 Å². The minimum Gasteiger partial charge on any atom is -0.489 e. The molecule has 0 bridgehead atoms. The van der Waals surface area contributed by atoms with Crippen LogP contribution < -0.4 is 4.74 Å². The van der Waals surface area contributed by atoms with E-state index in [1.165, 1.54) is 25.7 Å². The SMILES string of the molecule is Cc1nc(-c2cnn(C)c2COC(=O)N(C)C(C2CC2)C2CC2)ccc1O[C@H]1CCCC(C(=O)O)C1. The fraction of sp³-hybridized carbons (Fsp3) is 0.630. The highest BCUT2D eigenvalue weighted by Gasteiger charge is 2.45. The summed E-state index contributed by atoms with van der Waals surface area (Å²) in [5.41, 5.74) is 3.05. The number of aromatic nitrogens is 3. The van der Waals surface area contributed by atoms with Crippen LogP contribution in [0.5, 0.6) is 5.75 Å². The summed E-state index contributed by atoms with van der Waals surface area (Å²) in [7, 11) is 3.70. The Morgan fingerprint density at radius 3 is 2.53 bits per heavy atom. The van der Waals surface area contributed by atoms with Gasteiger partial charge in [0.2, 0.25) is 0 Å². The predicted octanol–water partition coefficient (Wildman–Crippen LogP) is 4.57. The van der Waals surface area contributed by atoms with Crippen LogP contribution in [0, 0.1) is 24.7 Å². The number of carboxylic acid groups (broad SMARTS) is 1. The average Bonchev–Trinajstić information content (AvgIpc) is 3.80. The Balaban J connectivity index is 1.24. The van der Waals surface area contributed by atoms with E-state index in [0.717, 1.165) is 35.5 Å². The Morgan fingerprint density at radius 1 is 1.17 bits per heavy atom. The van der Waals surface area contributed by atoms with Crippen LogP contribution in [-0.2, 0) is 23.2 Å². The van der Waals surface area contributed by atoms with E-state index >= 15 is 0 Å². The van der Waals surface area contributed by atoms with E-state index in [0.29, 0.717) is 36.5 Å². The number of hydrogen-bond donors (Lipinski definition) is 1. The van der Waals surface area contributed by atoms with Crippen LogP contribution in [0.25, 0.3) is 11.3 Å². The number of amides is 1. The van der Waals surface area contributed by atoms with Crippen molar-refractivity contribution in [1.29, 1.82) is 0 Å². The van der Waals surface area contributed by atoms with Gasteiger partial charge >= 0.3 is 12.1 Å². The second-order valence-corrected chi connectivity index (χ2v) is 10.7. The molecule has 2 aromatic heterocycles. The summed E-state index contributed by atoms with van der Waals surface area (Å²) in [4.78, 5) is 30.8. The Morgan fingerprint density at radius 2 is 1.89 bits per heavy atom. The normalized spacial score (nSPS) is 21.9. The van der Waals surface area contributed by atoms with Crippen molar-refractivity contribution in [2.45, 2.75) is 77.0 Å². The third-order valence-corrected chi connectivity index (χ3v) is 7.92. The summed E-state index contributed by atoms with van der Waals surface area (Å²) in [5, 5.41) is 13.7. The van der Waals surface area contributed by atoms with Gasteiger partial charge in [0.15, 0.2) is 0 Å². The summed E-state index contributed by atoms with van der Waals surface area (Å²) < 4.78 is 13.6. The van der Waals surface area contributed by atoms with Crippen LogP contribution in [0.3, 0.4) is 0 Å². The van der Waals surface area contributed by atoms with Crippen LogP contribution in [0.4, 0.5) is 4.79 Å². The lowest BCUT2D eigenvalue weighted by Crippen LogP contribution is -2.40. The van der Waals surface area contributed by atoms with Crippen LogP contribution in [0.15, 0.2) is 18.3 Å². The van der Waals surface area contributed by atoms with Gasteiger partial charge < -0.3 is 19.5 Å². The molecule has 1 amide bonds. The molecule has 2 aromatic rings. The van der Waals surface area contributed by atoms with Crippen molar-refractivity contribution in [1.82, 2.24) is 19.7 Å². The smallest absolute Gasteiger partial charge is 0.410 e. The largest absolute Gasteiger partial charge is 0.489 e. The molecule has 0 spiro atoms. The number of pyridine rings is 1. The maximum atomic E-state index is 12.9. The number of carboxylic acids is 1. The minimum absolute atomic E-state index is 0.119. The summed E-state index contributed by atoms with van der Waals surface area (Å²) >= 11 is 0. The van der Waals surface area contributed by atoms with Crippen LogP contribution >= 0.6 is 0 Å². The molecule has 0 aliphatic heterocycles. The average molecular weight is 497 g/mol. The number of carbonyl (C=O) groups is 2. The molecule has 3 aliphatic carbocycles. The first-order valence-corrected chi connectivity index (χ1v) is 13.1.